The molecule has 0 rings (SSSR count). The molecule has 0 amide bonds. The summed E-state index contributed by atoms with van der Waals surface area (Å²) in [6.07, 6.45) is -2.33. The van der Waals surface area contributed by atoms with Crippen LogP contribution in [0.25, 0.3) is 0 Å². The molecule has 0 aromatic carbocycles. The van der Waals surface area contributed by atoms with E-state index in [4.69, 9.17) is 31.1 Å². The van der Waals surface area contributed by atoms with E-state index in [1.165, 1.54) is 0 Å². The van der Waals surface area contributed by atoms with E-state index in [-0.39, 0.29) is 35.6 Å². The fourth-order valence-electron chi connectivity index (χ4n) is 0. The maximum absolute atomic E-state index is 8.69. The van der Waals surface area contributed by atoms with Crippen molar-refractivity contribution < 1.29 is 80.1 Å². The van der Waals surface area contributed by atoms with E-state index < -0.39 is 19.5 Å². The zero-order valence-corrected chi connectivity index (χ0v) is 7.33. The summed E-state index contributed by atoms with van der Waals surface area (Å²) in [6.45, 7) is 0. The minimum atomic E-state index is -5.38. The Morgan fingerprint density at radius 1 is 1.27 bits per heavy atom. The molecule has 11 heavy (non-hydrogen) atoms. The van der Waals surface area contributed by atoms with Crippen molar-refractivity contribution in [1.82, 2.24) is 0 Å². The van der Waals surface area contributed by atoms with Gasteiger partial charge >= 0.3 is 65.1 Å². The van der Waals surface area contributed by atoms with E-state index in [1.807, 2.05) is 0 Å². The molecule has 1 N–H and O–H groups in total. The summed E-state index contributed by atoms with van der Waals surface area (Å²) in [4.78, 5) is 8.33. The van der Waals surface area contributed by atoms with Gasteiger partial charge in [0.15, 0.2) is 0 Å². The summed E-state index contributed by atoms with van der Waals surface area (Å²) in [5.74, 6) is 0. The molecule has 7 nitrogen and oxygen atoms in total. The topological polar surface area (TPSA) is 141 Å². The molecule has 0 unspecified atom stereocenters. The fraction of sp³-hybridized carbons (Fsp3) is 0. The van der Waals surface area contributed by atoms with E-state index >= 15 is 0 Å². The number of carbonyl (C=O) groups excluding carboxylic acids is 1. The summed E-state index contributed by atoms with van der Waals surface area (Å²) in [5, 5.41) is 16.7. The Labute approximate surface area is 86.1 Å². The van der Waals surface area contributed by atoms with Crippen LogP contribution >= 0.6 is 0 Å². The molecule has 0 aliphatic carbocycles. The molecule has 0 spiro atoms. The molecule has 1 radical (unpaired) electrons. The van der Waals surface area contributed by atoms with Crippen LogP contribution in [0.2, 0.25) is 0 Å². The van der Waals surface area contributed by atoms with Crippen LogP contribution in [0.5, 0.6) is 0 Å². The predicted molar refractivity (Wildman–Crippen MR) is 8.99 cm³/mol. The van der Waals surface area contributed by atoms with Gasteiger partial charge in [0.25, 0.3) is 0 Å². The molecule has 0 atom stereocenters. The summed E-state index contributed by atoms with van der Waals surface area (Å²) in [6, 6.07) is 0. The Kier molecular flexibility index (Phi) is 21.3. The molecule has 0 saturated heterocycles. The molecule has 0 fully saturated rings. The van der Waals surface area contributed by atoms with Crippen molar-refractivity contribution in [2.75, 3.05) is 0 Å². The number of carboxylic acid groups (broad SMARTS) is 2. The standard InChI is InChI=1S/CH2O3.Co.Li.Mn.H2O.3O/c2-1(3)4;;;;;;;/h(H2,2,3,4);;;;1H2;;;/q;+2;2*+1;;;;-1/p-3. The molecule has 0 bridgehead atoms. The zero-order valence-electron chi connectivity index (χ0n) is 5.11. The molecule has 0 heterocycles. The van der Waals surface area contributed by atoms with Crippen LogP contribution in [0.4, 0.5) is 4.79 Å². The van der Waals surface area contributed by atoms with Gasteiger partial charge < -0.3 is 15.0 Å². The summed E-state index contributed by atoms with van der Waals surface area (Å²) in [7, 11) is 0. The van der Waals surface area contributed by atoms with Crippen molar-refractivity contribution in [3.63, 3.8) is 0 Å². The van der Waals surface area contributed by atoms with E-state index in [0.717, 1.165) is 0 Å². The van der Waals surface area contributed by atoms with Crippen molar-refractivity contribution in [2.45, 2.75) is 0 Å². The molecular formula is CHCoLiMnO7. The van der Waals surface area contributed by atoms with Gasteiger partial charge in [0.2, 0.25) is 0 Å². The van der Waals surface area contributed by atoms with E-state index in [0.29, 0.717) is 0 Å². The normalized spacial score (nSPS) is 7.45. The Bertz CT molecular complexity index is 161. The molecule has 0 aliphatic heterocycles. The van der Waals surface area contributed by atoms with Crippen molar-refractivity contribution in [1.29, 1.82) is 0 Å². The van der Waals surface area contributed by atoms with Gasteiger partial charge in [-0.2, -0.15) is 0 Å². The molecular weight excluding hydrogens is 245 g/mol. The van der Waals surface area contributed by atoms with Crippen molar-refractivity contribution in [3.8, 4) is 0 Å². The van der Waals surface area contributed by atoms with Gasteiger partial charge in [-0.3, -0.25) is 0 Å². The Balaban J connectivity index is -0.0000000383. The van der Waals surface area contributed by atoms with Gasteiger partial charge in [-0.05, 0) is 6.16 Å². The monoisotopic (exact) mass is 246 g/mol. The van der Waals surface area contributed by atoms with Crippen LogP contribution in [0.1, 0.15) is 0 Å². The summed E-state index contributed by atoms with van der Waals surface area (Å²) < 4.78 is 33.1. The number of hydrogen-bond acceptors (Lipinski definition) is 6. The van der Waals surface area contributed by atoms with Gasteiger partial charge in [-0.25, -0.2) is 0 Å². The SMILES string of the molecule is O=C([O-])[O-].[Co+2].[Li+].[O]=[Mn](=[O])([O-])[OH]. The second-order valence-corrected chi connectivity index (χ2v) is 1.88. The second kappa shape index (κ2) is 10.4. The molecule has 0 saturated carbocycles. The van der Waals surface area contributed by atoms with Gasteiger partial charge in [0.1, 0.15) is 0 Å². The van der Waals surface area contributed by atoms with Gasteiger partial charge in [0.05, 0.1) is 0 Å². The van der Waals surface area contributed by atoms with Crippen LogP contribution in [-0.2, 0) is 37.8 Å². The summed E-state index contributed by atoms with van der Waals surface area (Å²) >= 11 is -5.38. The van der Waals surface area contributed by atoms with Crippen LogP contribution in [-0.4, -0.2) is 10.3 Å². The third-order valence-electron chi connectivity index (χ3n) is 0. The Hall–Kier alpha value is 0.413. The molecule has 0 aromatic rings. The minimum absolute atomic E-state index is 0. The Morgan fingerprint density at radius 3 is 1.27 bits per heavy atom. The quantitative estimate of drug-likeness (QED) is 0.418. The van der Waals surface area contributed by atoms with Gasteiger partial charge in [-0.15, -0.1) is 0 Å². The predicted octanol–water partition coefficient (Wildman–Crippen LogP) is -7.43. The maximum atomic E-state index is 8.69. The van der Waals surface area contributed by atoms with Crippen molar-refractivity contribution in [2.24, 2.45) is 0 Å². The number of rotatable bonds is 0. The van der Waals surface area contributed by atoms with Gasteiger partial charge in [-0.1, -0.05) is 0 Å². The molecule has 0 aliphatic rings. The molecule has 10 heteroatoms. The van der Waals surface area contributed by atoms with Crippen LogP contribution in [0, 0.1) is 0 Å². The van der Waals surface area contributed by atoms with E-state index in [1.54, 1.807) is 0 Å². The first-order valence-corrected chi connectivity index (χ1v) is 3.22. The van der Waals surface area contributed by atoms with Crippen LogP contribution < -0.4 is 33.3 Å². The molecule has 0 aromatic heterocycles. The number of carbonyl (C=O) groups is 1. The average molecular weight is 246 g/mol. The average Bonchev–Trinajstić information content (AvgIpc) is 1.19. The van der Waals surface area contributed by atoms with E-state index in [2.05, 4.69) is 0 Å². The third-order valence-corrected chi connectivity index (χ3v) is 0. The fourth-order valence-corrected chi connectivity index (χ4v) is 0. The second-order valence-electron chi connectivity index (χ2n) is 0.646. The molecule has 64 valence electrons. The van der Waals surface area contributed by atoms with Crippen molar-refractivity contribution >= 4 is 6.16 Å². The number of hydrogen-bond donors (Lipinski definition) is 1. The van der Waals surface area contributed by atoms with Crippen LogP contribution in [0.3, 0.4) is 0 Å². The van der Waals surface area contributed by atoms with Crippen molar-refractivity contribution in [3.05, 3.63) is 0 Å². The summed E-state index contributed by atoms with van der Waals surface area (Å²) in [5.41, 5.74) is 0. The van der Waals surface area contributed by atoms with E-state index in [9.17, 15) is 0 Å². The van der Waals surface area contributed by atoms with Crippen LogP contribution in [0.15, 0.2) is 0 Å². The first-order chi connectivity index (χ1) is 3.73. The third kappa shape index (κ3) is 4310. The first kappa shape index (κ1) is 22.5. The Morgan fingerprint density at radius 2 is 1.27 bits per heavy atom. The first-order valence-electron chi connectivity index (χ1n) is 1.24. The zero-order chi connectivity index (χ0) is 8.08. The van der Waals surface area contributed by atoms with Gasteiger partial charge in [0, 0.05) is 0 Å².